The lowest BCUT2D eigenvalue weighted by Crippen LogP contribution is -2.49. The van der Waals surface area contributed by atoms with Crippen LogP contribution in [0.25, 0.3) is 0 Å². The largest absolute Gasteiger partial charge is 0.370 e. The molecule has 2 atom stereocenters. The highest BCUT2D eigenvalue weighted by Gasteiger charge is 2.20. The maximum absolute atomic E-state index is 11.9. The van der Waals surface area contributed by atoms with Gasteiger partial charge in [0.05, 0.1) is 6.54 Å². The van der Waals surface area contributed by atoms with Gasteiger partial charge in [-0.2, -0.15) is 0 Å². The van der Waals surface area contributed by atoms with Crippen molar-refractivity contribution in [2.45, 2.75) is 39.2 Å². The van der Waals surface area contributed by atoms with E-state index in [-0.39, 0.29) is 30.2 Å². The van der Waals surface area contributed by atoms with E-state index in [0.717, 1.165) is 0 Å². The van der Waals surface area contributed by atoms with E-state index >= 15 is 0 Å². The zero-order valence-corrected chi connectivity index (χ0v) is 14.0. The van der Waals surface area contributed by atoms with E-state index in [4.69, 9.17) is 11.1 Å². The summed E-state index contributed by atoms with van der Waals surface area (Å²) >= 11 is 0. The van der Waals surface area contributed by atoms with E-state index < -0.39 is 11.9 Å². The van der Waals surface area contributed by atoms with Crippen molar-refractivity contribution >= 4 is 23.7 Å². The summed E-state index contributed by atoms with van der Waals surface area (Å²) in [6, 6.07) is -0.693. The number of nitrogens with one attached hydrogen (secondary N) is 5. The number of carbonyl (C=O) groups excluding carboxylic acids is 3. The maximum atomic E-state index is 11.9. The Kier molecular flexibility index (Phi) is 10.1. The van der Waals surface area contributed by atoms with Crippen molar-refractivity contribution in [1.29, 1.82) is 5.41 Å². The Morgan fingerprint density at radius 2 is 1.83 bits per heavy atom. The SMILES string of the molecule is CCC(C)C(=O)NCC(=O)NC(CCCNC(=N)N)C(=O)NC. The van der Waals surface area contributed by atoms with Crippen molar-refractivity contribution in [3.63, 3.8) is 0 Å². The van der Waals surface area contributed by atoms with Gasteiger partial charge in [-0.25, -0.2) is 0 Å². The fourth-order valence-corrected chi connectivity index (χ4v) is 1.74. The molecule has 132 valence electrons. The van der Waals surface area contributed by atoms with E-state index in [0.29, 0.717) is 25.8 Å². The summed E-state index contributed by atoms with van der Waals surface area (Å²) in [4.78, 5) is 35.2. The lowest BCUT2D eigenvalue weighted by molar-refractivity contribution is -0.130. The molecule has 0 aromatic rings. The average molecular weight is 328 g/mol. The zero-order valence-electron chi connectivity index (χ0n) is 14.0. The molecule has 0 saturated carbocycles. The fraction of sp³-hybridized carbons (Fsp3) is 0.714. The number of guanidine groups is 1. The van der Waals surface area contributed by atoms with Crippen LogP contribution in [0.4, 0.5) is 0 Å². The van der Waals surface area contributed by atoms with Crippen LogP contribution in [0.15, 0.2) is 0 Å². The quantitative estimate of drug-likeness (QED) is 0.166. The first-order valence-corrected chi connectivity index (χ1v) is 7.68. The molecule has 2 unspecified atom stereocenters. The van der Waals surface area contributed by atoms with Gasteiger partial charge in [-0.05, 0) is 19.3 Å². The van der Waals surface area contributed by atoms with Crippen molar-refractivity contribution in [1.82, 2.24) is 21.3 Å². The number of likely N-dealkylation sites (N-methyl/N-ethyl adjacent to an activating group) is 1. The highest BCUT2D eigenvalue weighted by molar-refractivity contribution is 5.90. The van der Waals surface area contributed by atoms with E-state index in [1.54, 1.807) is 6.92 Å². The molecule has 0 aliphatic carbocycles. The van der Waals surface area contributed by atoms with Gasteiger partial charge in [0, 0.05) is 19.5 Å². The highest BCUT2D eigenvalue weighted by atomic mass is 16.2. The summed E-state index contributed by atoms with van der Waals surface area (Å²) in [6.07, 6.45) is 1.64. The summed E-state index contributed by atoms with van der Waals surface area (Å²) in [7, 11) is 1.49. The van der Waals surface area contributed by atoms with Crippen LogP contribution < -0.4 is 27.0 Å². The van der Waals surface area contributed by atoms with Crippen LogP contribution in [0.1, 0.15) is 33.1 Å². The van der Waals surface area contributed by atoms with Crippen LogP contribution >= 0.6 is 0 Å². The summed E-state index contributed by atoms with van der Waals surface area (Å²) in [6.45, 7) is 3.94. The molecular weight excluding hydrogens is 300 g/mol. The van der Waals surface area contributed by atoms with Crippen molar-refractivity contribution < 1.29 is 14.4 Å². The molecule has 0 aromatic carbocycles. The van der Waals surface area contributed by atoms with Crippen molar-refractivity contribution in [2.24, 2.45) is 11.7 Å². The Bertz CT molecular complexity index is 427. The lowest BCUT2D eigenvalue weighted by atomic mass is 10.1. The standard InChI is InChI=1S/C14H28N6O3/c1-4-9(2)12(22)19-8-11(21)20-10(13(23)17-3)6-5-7-18-14(15)16/h9-10H,4-8H2,1-3H3,(H,17,23)(H,19,22)(H,20,21)(H4,15,16,18). The topological polar surface area (TPSA) is 149 Å². The van der Waals surface area contributed by atoms with Gasteiger partial charge in [0.1, 0.15) is 6.04 Å². The molecule has 9 heteroatoms. The lowest BCUT2D eigenvalue weighted by Gasteiger charge is -2.18. The number of hydrogen-bond donors (Lipinski definition) is 6. The molecule has 0 bridgehead atoms. The molecule has 0 fully saturated rings. The Balaban J connectivity index is 4.31. The minimum absolute atomic E-state index is 0.140. The molecule has 0 saturated heterocycles. The van der Waals surface area contributed by atoms with Crippen molar-refractivity contribution in [3.05, 3.63) is 0 Å². The first-order chi connectivity index (χ1) is 10.8. The van der Waals surface area contributed by atoms with Gasteiger partial charge in [0.2, 0.25) is 17.7 Å². The molecule has 3 amide bonds. The van der Waals surface area contributed by atoms with E-state index in [9.17, 15) is 14.4 Å². The first-order valence-electron chi connectivity index (χ1n) is 7.68. The second kappa shape index (κ2) is 11.3. The minimum Gasteiger partial charge on any atom is -0.370 e. The van der Waals surface area contributed by atoms with Crippen LogP contribution in [-0.4, -0.2) is 49.9 Å². The van der Waals surface area contributed by atoms with Gasteiger partial charge in [0.15, 0.2) is 5.96 Å². The normalized spacial score (nSPS) is 12.7. The number of rotatable bonds is 10. The molecule has 0 radical (unpaired) electrons. The molecule has 9 nitrogen and oxygen atoms in total. The van der Waals surface area contributed by atoms with E-state index in [2.05, 4.69) is 21.3 Å². The van der Waals surface area contributed by atoms with Gasteiger partial charge in [-0.1, -0.05) is 13.8 Å². The van der Waals surface area contributed by atoms with Gasteiger partial charge in [-0.15, -0.1) is 0 Å². The van der Waals surface area contributed by atoms with Crippen molar-refractivity contribution in [3.8, 4) is 0 Å². The fourth-order valence-electron chi connectivity index (χ4n) is 1.74. The molecule has 7 N–H and O–H groups in total. The Hall–Kier alpha value is -2.32. The minimum atomic E-state index is -0.693. The average Bonchev–Trinajstić information content (AvgIpc) is 2.53. The first kappa shape index (κ1) is 20.7. The molecule has 0 aromatic heterocycles. The second-order valence-corrected chi connectivity index (χ2v) is 5.24. The smallest absolute Gasteiger partial charge is 0.242 e. The van der Waals surface area contributed by atoms with Crippen LogP contribution in [0.2, 0.25) is 0 Å². The third-order valence-corrected chi connectivity index (χ3v) is 3.37. The second-order valence-electron chi connectivity index (χ2n) is 5.24. The van der Waals surface area contributed by atoms with Crippen LogP contribution in [-0.2, 0) is 14.4 Å². The third kappa shape index (κ3) is 9.33. The summed E-state index contributed by atoms with van der Waals surface area (Å²) in [5.41, 5.74) is 5.16. The van der Waals surface area contributed by atoms with Gasteiger partial charge >= 0.3 is 0 Å². The molecule has 0 aliphatic rings. The summed E-state index contributed by atoms with van der Waals surface area (Å²) in [5.74, 6) is -1.22. The maximum Gasteiger partial charge on any atom is 0.242 e. The van der Waals surface area contributed by atoms with Gasteiger partial charge < -0.3 is 27.0 Å². The van der Waals surface area contributed by atoms with Crippen LogP contribution in [0.3, 0.4) is 0 Å². The third-order valence-electron chi connectivity index (χ3n) is 3.37. The van der Waals surface area contributed by atoms with Crippen molar-refractivity contribution in [2.75, 3.05) is 20.1 Å². The van der Waals surface area contributed by atoms with Crippen LogP contribution in [0.5, 0.6) is 0 Å². The van der Waals surface area contributed by atoms with Crippen LogP contribution in [0, 0.1) is 11.3 Å². The molecule has 0 rings (SSSR count). The predicted octanol–water partition coefficient (Wildman–Crippen LogP) is -1.36. The molecule has 0 spiro atoms. The number of hydrogen-bond acceptors (Lipinski definition) is 4. The highest BCUT2D eigenvalue weighted by Crippen LogP contribution is 2.00. The zero-order chi connectivity index (χ0) is 17.8. The summed E-state index contributed by atoms with van der Waals surface area (Å²) in [5, 5.41) is 17.3. The number of carbonyl (C=O) groups is 3. The monoisotopic (exact) mass is 328 g/mol. The number of amides is 3. The Morgan fingerprint density at radius 1 is 1.17 bits per heavy atom. The van der Waals surface area contributed by atoms with Gasteiger partial charge in [-0.3, -0.25) is 19.8 Å². The molecule has 0 heterocycles. The summed E-state index contributed by atoms with van der Waals surface area (Å²) < 4.78 is 0. The van der Waals surface area contributed by atoms with Gasteiger partial charge in [0.25, 0.3) is 0 Å². The molecule has 23 heavy (non-hydrogen) atoms. The van der Waals surface area contributed by atoms with E-state index in [1.807, 2.05) is 6.92 Å². The molecule has 0 aliphatic heterocycles. The van der Waals surface area contributed by atoms with E-state index in [1.165, 1.54) is 7.05 Å². The molecular formula is C14H28N6O3. The Morgan fingerprint density at radius 3 is 2.35 bits per heavy atom. The number of nitrogens with two attached hydrogens (primary N) is 1. The Labute approximate surface area is 136 Å². The predicted molar refractivity (Wildman–Crippen MR) is 87.6 cm³/mol.